The molecule has 0 saturated heterocycles. The van der Waals surface area contributed by atoms with Gasteiger partial charge >= 0.3 is 0 Å². The minimum Gasteiger partial charge on any atom is -0.461 e. The maximum atomic E-state index is 12.3. The fourth-order valence-electron chi connectivity index (χ4n) is 3.03. The van der Waals surface area contributed by atoms with Gasteiger partial charge < -0.3 is 9.73 Å². The second-order valence-electron chi connectivity index (χ2n) is 6.97. The van der Waals surface area contributed by atoms with Gasteiger partial charge in [0.2, 0.25) is 5.82 Å². The van der Waals surface area contributed by atoms with Gasteiger partial charge in [-0.2, -0.15) is 0 Å². The van der Waals surface area contributed by atoms with Crippen LogP contribution in [0.5, 0.6) is 0 Å². The quantitative estimate of drug-likeness (QED) is 0.223. The average molecular weight is 488 g/mol. The number of nitrogens with one attached hydrogen (secondary N) is 1. The highest BCUT2D eigenvalue weighted by atomic mass is 35.5. The van der Waals surface area contributed by atoms with Gasteiger partial charge in [0.05, 0.1) is 12.0 Å². The molecule has 3 aromatic heterocycles. The maximum Gasteiger partial charge on any atom is 0.270 e. The summed E-state index contributed by atoms with van der Waals surface area (Å²) >= 11 is 9.03. The summed E-state index contributed by atoms with van der Waals surface area (Å²) in [7, 11) is 0. The molecule has 1 aromatic carbocycles. The summed E-state index contributed by atoms with van der Waals surface area (Å²) in [6, 6.07) is 11.1. The molecule has 0 atom stereocenters. The molecular weight excluding hydrogens is 466 g/mol. The highest BCUT2D eigenvalue weighted by Gasteiger charge is 2.19. The number of hydrogen-bond donors (Lipinski definition) is 1. The first-order valence-corrected chi connectivity index (χ1v) is 12.5. The molecule has 0 aliphatic heterocycles. The molecule has 7 nitrogen and oxygen atoms in total. The van der Waals surface area contributed by atoms with Crippen molar-refractivity contribution in [3.63, 3.8) is 0 Å². The van der Waals surface area contributed by atoms with Crippen LogP contribution in [-0.2, 0) is 5.75 Å². The smallest absolute Gasteiger partial charge is 0.270 e. The van der Waals surface area contributed by atoms with Crippen LogP contribution in [0, 0.1) is 0 Å². The molecule has 0 bridgehead atoms. The van der Waals surface area contributed by atoms with Crippen molar-refractivity contribution in [2.45, 2.75) is 37.1 Å². The normalized spacial score (nSPS) is 11.1. The van der Waals surface area contributed by atoms with Crippen molar-refractivity contribution in [1.29, 1.82) is 0 Å². The van der Waals surface area contributed by atoms with Crippen molar-refractivity contribution in [3.8, 4) is 17.3 Å². The Morgan fingerprint density at radius 1 is 1.22 bits per heavy atom. The van der Waals surface area contributed by atoms with Crippen LogP contribution in [0.3, 0.4) is 0 Å². The number of hydrogen-bond acceptors (Lipinski definition) is 7. The van der Waals surface area contributed by atoms with Crippen molar-refractivity contribution in [2.24, 2.45) is 0 Å². The molecule has 0 saturated carbocycles. The maximum absolute atomic E-state index is 12.3. The molecule has 32 heavy (non-hydrogen) atoms. The third-order valence-electron chi connectivity index (χ3n) is 4.63. The minimum atomic E-state index is -0.127. The van der Waals surface area contributed by atoms with E-state index in [-0.39, 0.29) is 5.91 Å². The molecule has 0 radical (unpaired) electrons. The van der Waals surface area contributed by atoms with Gasteiger partial charge in [-0.25, -0.2) is 4.98 Å². The third kappa shape index (κ3) is 5.40. The fraction of sp³-hybridized carbons (Fsp3) is 0.273. The number of thioether (sulfide) groups is 1. The number of benzene rings is 1. The first-order valence-electron chi connectivity index (χ1n) is 10.3. The van der Waals surface area contributed by atoms with Crippen LogP contribution in [0.4, 0.5) is 0 Å². The van der Waals surface area contributed by atoms with E-state index in [4.69, 9.17) is 16.0 Å². The van der Waals surface area contributed by atoms with E-state index in [0.717, 1.165) is 30.0 Å². The highest BCUT2D eigenvalue weighted by Crippen LogP contribution is 2.31. The van der Waals surface area contributed by atoms with Crippen molar-refractivity contribution < 1.29 is 9.21 Å². The summed E-state index contributed by atoms with van der Waals surface area (Å²) in [5.74, 6) is 1.66. The Bertz CT molecular complexity index is 1160. The Labute approximate surface area is 199 Å². The van der Waals surface area contributed by atoms with E-state index in [9.17, 15) is 4.79 Å². The molecule has 10 heteroatoms. The predicted molar refractivity (Wildman–Crippen MR) is 128 cm³/mol. The molecule has 166 valence electrons. The zero-order valence-corrected chi connectivity index (χ0v) is 19.8. The van der Waals surface area contributed by atoms with E-state index in [0.29, 0.717) is 39.8 Å². The molecular formula is C22H22ClN5O2S2. The number of aromatic nitrogens is 4. The van der Waals surface area contributed by atoms with Gasteiger partial charge in [-0.05, 0) is 42.8 Å². The molecule has 0 unspecified atom stereocenters. The zero-order valence-electron chi connectivity index (χ0n) is 17.5. The summed E-state index contributed by atoms with van der Waals surface area (Å²) in [5, 5.41) is 15.6. The number of rotatable bonds is 10. The Hall–Kier alpha value is -2.62. The SMILES string of the molecule is CCCCCNC(=O)c1csc(CSc2nnc(-c3ccco3)n2-c2ccc(Cl)cc2)n1. The lowest BCUT2D eigenvalue weighted by atomic mass is 10.2. The summed E-state index contributed by atoms with van der Waals surface area (Å²) in [4.78, 5) is 16.8. The number of halogens is 1. The second kappa shape index (κ2) is 10.8. The highest BCUT2D eigenvalue weighted by molar-refractivity contribution is 7.98. The number of unbranched alkanes of at least 4 members (excludes halogenated alkanes) is 2. The van der Waals surface area contributed by atoms with Gasteiger partial charge in [-0.1, -0.05) is 43.1 Å². The van der Waals surface area contributed by atoms with Gasteiger partial charge in [0.25, 0.3) is 5.91 Å². The van der Waals surface area contributed by atoms with Crippen LogP contribution in [0.25, 0.3) is 17.3 Å². The van der Waals surface area contributed by atoms with Crippen LogP contribution < -0.4 is 5.32 Å². The van der Waals surface area contributed by atoms with Gasteiger partial charge in [-0.3, -0.25) is 9.36 Å². The molecule has 1 amide bonds. The van der Waals surface area contributed by atoms with Gasteiger partial charge in [0.15, 0.2) is 10.9 Å². The van der Waals surface area contributed by atoms with Crippen molar-refractivity contribution in [3.05, 3.63) is 63.8 Å². The summed E-state index contributed by atoms with van der Waals surface area (Å²) < 4.78 is 7.47. The van der Waals surface area contributed by atoms with E-state index in [1.165, 1.54) is 23.1 Å². The molecule has 0 fully saturated rings. The standard InChI is InChI=1S/C22H22ClN5O2S2/c1-2-3-4-11-24-21(29)17-13-31-19(25-17)14-32-22-27-26-20(18-6-5-12-30-18)28(22)16-9-7-15(23)8-10-16/h5-10,12-13H,2-4,11,14H2,1H3,(H,24,29). The molecule has 0 spiro atoms. The Morgan fingerprint density at radius 2 is 2.06 bits per heavy atom. The lowest BCUT2D eigenvalue weighted by molar-refractivity contribution is 0.0948. The van der Waals surface area contributed by atoms with Gasteiger partial charge in [-0.15, -0.1) is 21.5 Å². The lowest BCUT2D eigenvalue weighted by Gasteiger charge is -2.09. The van der Waals surface area contributed by atoms with Crippen LogP contribution in [0.15, 0.2) is 57.6 Å². The number of carbonyl (C=O) groups is 1. The summed E-state index contributed by atoms with van der Waals surface area (Å²) in [6.07, 6.45) is 4.81. The van der Waals surface area contributed by atoms with E-state index in [1.54, 1.807) is 11.6 Å². The Kier molecular flexibility index (Phi) is 7.62. The number of furan rings is 1. The summed E-state index contributed by atoms with van der Waals surface area (Å²) in [6.45, 7) is 2.81. The molecule has 0 aliphatic carbocycles. The van der Waals surface area contributed by atoms with Gasteiger partial charge in [0, 0.05) is 22.6 Å². The number of amides is 1. The van der Waals surface area contributed by atoms with Crippen LogP contribution in [0.2, 0.25) is 5.02 Å². The monoisotopic (exact) mass is 487 g/mol. The predicted octanol–water partition coefficient (Wildman–Crippen LogP) is 5.85. The van der Waals surface area contributed by atoms with Gasteiger partial charge in [0.1, 0.15) is 10.7 Å². The Morgan fingerprint density at radius 3 is 2.81 bits per heavy atom. The lowest BCUT2D eigenvalue weighted by Crippen LogP contribution is -2.24. The topological polar surface area (TPSA) is 85.8 Å². The van der Waals surface area contributed by atoms with E-state index in [1.807, 2.05) is 41.0 Å². The van der Waals surface area contributed by atoms with Crippen molar-refractivity contribution in [1.82, 2.24) is 25.1 Å². The largest absolute Gasteiger partial charge is 0.461 e. The summed E-state index contributed by atoms with van der Waals surface area (Å²) in [5.41, 5.74) is 1.33. The first kappa shape index (κ1) is 22.6. The van der Waals surface area contributed by atoms with Crippen molar-refractivity contribution in [2.75, 3.05) is 6.54 Å². The zero-order chi connectivity index (χ0) is 22.3. The van der Waals surface area contributed by atoms with Crippen LogP contribution in [-0.4, -0.2) is 32.2 Å². The fourth-order valence-corrected chi connectivity index (χ4v) is 4.90. The van der Waals surface area contributed by atoms with Crippen molar-refractivity contribution >= 4 is 40.6 Å². The second-order valence-corrected chi connectivity index (χ2v) is 9.30. The molecule has 0 aliphatic rings. The molecule has 1 N–H and O–H groups in total. The van der Waals surface area contributed by atoms with E-state index < -0.39 is 0 Å². The van der Waals surface area contributed by atoms with E-state index in [2.05, 4.69) is 27.4 Å². The molecule has 4 rings (SSSR count). The molecule has 3 heterocycles. The third-order valence-corrected chi connectivity index (χ3v) is 6.86. The van der Waals surface area contributed by atoms with Crippen LogP contribution in [0.1, 0.15) is 41.7 Å². The molecule has 4 aromatic rings. The minimum absolute atomic E-state index is 0.127. The van der Waals surface area contributed by atoms with Crippen LogP contribution >= 0.6 is 34.7 Å². The number of carbonyl (C=O) groups excluding carboxylic acids is 1. The van der Waals surface area contributed by atoms with E-state index >= 15 is 0 Å². The first-order chi connectivity index (χ1) is 15.7. The average Bonchev–Trinajstić information content (AvgIpc) is 3.56. The Balaban J connectivity index is 1.49. The number of thiazole rings is 1. The number of nitrogens with zero attached hydrogens (tertiary/aromatic N) is 4.